The summed E-state index contributed by atoms with van der Waals surface area (Å²) in [5.41, 5.74) is 8.71. The number of rotatable bonds is 4. The number of ether oxygens (including phenoxy) is 1. The number of fused-ring (bicyclic) bond motifs is 1. The second-order valence-electron chi connectivity index (χ2n) is 6.10. The summed E-state index contributed by atoms with van der Waals surface area (Å²) >= 11 is 0. The zero-order chi connectivity index (χ0) is 14.7. The number of amides is 1. The molecule has 0 bridgehead atoms. The summed E-state index contributed by atoms with van der Waals surface area (Å²) in [4.78, 5) is 14.0. The Morgan fingerprint density at radius 3 is 2.81 bits per heavy atom. The molecule has 0 aromatic heterocycles. The van der Waals surface area contributed by atoms with Crippen molar-refractivity contribution in [2.24, 2.45) is 5.73 Å². The maximum absolute atomic E-state index is 12.1. The van der Waals surface area contributed by atoms with E-state index in [1.165, 1.54) is 24.0 Å². The van der Waals surface area contributed by atoms with Crippen molar-refractivity contribution in [3.05, 3.63) is 29.3 Å². The lowest BCUT2D eigenvalue weighted by Gasteiger charge is -2.30. The van der Waals surface area contributed by atoms with E-state index >= 15 is 0 Å². The summed E-state index contributed by atoms with van der Waals surface area (Å²) in [5, 5.41) is 0. The van der Waals surface area contributed by atoms with Gasteiger partial charge in [0.1, 0.15) is 5.75 Å². The maximum Gasteiger partial charge on any atom is 0.225 e. The lowest BCUT2D eigenvalue weighted by atomic mass is 10.1. The Bertz CT molecular complexity index is 508. The van der Waals surface area contributed by atoms with Crippen LogP contribution in [-0.2, 0) is 17.6 Å². The topological polar surface area (TPSA) is 55.6 Å². The van der Waals surface area contributed by atoms with Crippen LogP contribution < -0.4 is 10.5 Å². The molecule has 4 nitrogen and oxygen atoms in total. The zero-order valence-corrected chi connectivity index (χ0v) is 12.5. The van der Waals surface area contributed by atoms with E-state index in [2.05, 4.69) is 12.1 Å². The molecular weight excluding hydrogens is 264 g/mol. The van der Waals surface area contributed by atoms with Gasteiger partial charge in [0, 0.05) is 19.1 Å². The highest BCUT2D eigenvalue weighted by atomic mass is 16.5. The molecule has 1 aromatic rings. The van der Waals surface area contributed by atoms with Crippen LogP contribution in [0.1, 0.15) is 36.8 Å². The van der Waals surface area contributed by atoms with Crippen LogP contribution in [-0.4, -0.2) is 36.5 Å². The second-order valence-corrected chi connectivity index (χ2v) is 6.10. The summed E-state index contributed by atoms with van der Waals surface area (Å²) in [7, 11) is 0. The smallest absolute Gasteiger partial charge is 0.225 e. The van der Waals surface area contributed by atoms with Gasteiger partial charge in [-0.25, -0.2) is 0 Å². The number of benzene rings is 1. The Morgan fingerprint density at radius 1 is 1.24 bits per heavy atom. The molecule has 0 radical (unpaired) electrons. The van der Waals surface area contributed by atoms with E-state index in [-0.39, 0.29) is 11.9 Å². The highest BCUT2D eigenvalue weighted by Gasteiger charge is 2.20. The average Bonchev–Trinajstić information content (AvgIpc) is 2.95. The van der Waals surface area contributed by atoms with Crippen molar-refractivity contribution in [3.8, 4) is 5.75 Å². The van der Waals surface area contributed by atoms with Crippen LogP contribution in [0.3, 0.4) is 0 Å². The fraction of sp³-hybridized carbons (Fsp3) is 0.588. The van der Waals surface area contributed by atoms with Crippen molar-refractivity contribution in [3.63, 3.8) is 0 Å². The van der Waals surface area contributed by atoms with Crippen molar-refractivity contribution >= 4 is 5.91 Å². The molecule has 1 aromatic carbocycles. The number of likely N-dealkylation sites (tertiary alicyclic amines) is 1. The Kier molecular flexibility index (Phi) is 4.44. The predicted octanol–water partition coefficient (Wildman–Crippen LogP) is 1.89. The van der Waals surface area contributed by atoms with Gasteiger partial charge < -0.3 is 15.4 Å². The van der Waals surface area contributed by atoms with Crippen LogP contribution in [0.25, 0.3) is 0 Å². The molecule has 114 valence electrons. The number of carbonyl (C=O) groups is 1. The van der Waals surface area contributed by atoms with Crippen LogP contribution in [0, 0.1) is 0 Å². The number of aryl methyl sites for hydroxylation is 2. The molecule has 0 spiro atoms. The number of hydrogen-bond acceptors (Lipinski definition) is 3. The van der Waals surface area contributed by atoms with E-state index in [1.807, 2.05) is 11.0 Å². The van der Waals surface area contributed by atoms with Gasteiger partial charge in [0.25, 0.3) is 0 Å². The minimum absolute atomic E-state index is 0.183. The number of carbonyl (C=O) groups excluding carboxylic acids is 1. The lowest BCUT2D eigenvalue weighted by molar-refractivity contribution is -0.132. The van der Waals surface area contributed by atoms with E-state index in [0.717, 1.165) is 38.1 Å². The Morgan fingerprint density at radius 2 is 2.00 bits per heavy atom. The molecule has 4 heteroatoms. The first-order valence-electron chi connectivity index (χ1n) is 8.00. The van der Waals surface area contributed by atoms with E-state index in [4.69, 9.17) is 10.5 Å². The molecule has 1 heterocycles. The first-order chi connectivity index (χ1) is 10.2. The van der Waals surface area contributed by atoms with Gasteiger partial charge in [-0.1, -0.05) is 6.07 Å². The molecule has 1 aliphatic carbocycles. The number of hydrogen-bond donors (Lipinski definition) is 1. The largest absolute Gasteiger partial charge is 0.493 e. The Labute approximate surface area is 126 Å². The summed E-state index contributed by atoms with van der Waals surface area (Å²) in [6.07, 6.45) is 5.86. The van der Waals surface area contributed by atoms with Gasteiger partial charge in [-0.05, 0) is 55.4 Å². The third-order valence-corrected chi connectivity index (χ3v) is 4.55. The van der Waals surface area contributed by atoms with Gasteiger partial charge in [0.05, 0.1) is 13.0 Å². The minimum atomic E-state index is 0.183. The van der Waals surface area contributed by atoms with Crippen LogP contribution >= 0.6 is 0 Å². The van der Waals surface area contributed by atoms with Gasteiger partial charge in [0.15, 0.2) is 0 Å². The summed E-state index contributed by atoms with van der Waals surface area (Å²) < 4.78 is 5.74. The molecule has 2 N–H and O–H groups in total. The minimum Gasteiger partial charge on any atom is -0.493 e. The first kappa shape index (κ1) is 14.4. The van der Waals surface area contributed by atoms with E-state index in [1.54, 1.807) is 0 Å². The maximum atomic E-state index is 12.1. The highest BCUT2D eigenvalue weighted by Crippen LogP contribution is 2.26. The number of piperidine rings is 1. The molecule has 0 unspecified atom stereocenters. The third kappa shape index (κ3) is 3.56. The molecule has 3 rings (SSSR count). The molecule has 0 atom stereocenters. The molecule has 1 aliphatic heterocycles. The molecule has 21 heavy (non-hydrogen) atoms. The summed E-state index contributed by atoms with van der Waals surface area (Å²) in [5.74, 6) is 1.08. The van der Waals surface area contributed by atoms with E-state index < -0.39 is 0 Å². The predicted molar refractivity (Wildman–Crippen MR) is 82.4 cm³/mol. The van der Waals surface area contributed by atoms with Crippen molar-refractivity contribution in [1.82, 2.24) is 4.90 Å². The van der Waals surface area contributed by atoms with Gasteiger partial charge in [-0.2, -0.15) is 0 Å². The van der Waals surface area contributed by atoms with Crippen molar-refractivity contribution in [2.75, 3.05) is 19.7 Å². The molecule has 2 aliphatic rings. The fourth-order valence-corrected chi connectivity index (χ4v) is 3.20. The molecule has 1 saturated heterocycles. The van der Waals surface area contributed by atoms with Crippen LogP contribution in [0.2, 0.25) is 0 Å². The molecule has 1 amide bonds. The SMILES string of the molecule is NC1CCN(C(=O)CCOc2ccc3c(c2)CCC3)CC1. The van der Waals surface area contributed by atoms with Gasteiger partial charge in [0.2, 0.25) is 5.91 Å². The van der Waals surface area contributed by atoms with Crippen LogP contribution in [0.4, 0.5) is 0 Å². The zero-order valence-electron chi connectivity index (χ0n) is 12.5. The Hall–Kier alpha value is -1.55. The standard InChI is InChI=1S/C17H24N2O2/c18-15-6-9-19(10-7-15)17(20)8-11-21-16-5-4-13-2-1-3-14(13)12-16/h4-5,12,15H,1-3,6-11,18H2. The van der Waals surface area contributed by atoms with E-state index in [0.29, 0.717) is 13.0 Å². The first-order valence-corrected chi connectivity index (χ1v) is 8.00. The number of nitrogens with zero attached hydrogens (tertiary/aromatic N) is 1. The van der Waals surface area contributed by atoms with Gasteiger partial charge in [-0.3, -0.25) is 4.79 Å². The van der Waals surface area contributed by atoms with Crippen LogP contribution in [0.5, 0.6) is 5.75 Å². The number of nitrogens with two attached hydrogens (primary N) is 1. The third-order valence-electron chi connectivity index (χ3n) is 4.55. The fourth-order valence-electron chi connectivity index (χ4n) is 3.20. The van der Waals surface area contributed by atoms with Crippen molar-refractivity contribution < 1.29 is 9.53 Å². The van der Waals surface area contributed by atoms with Gasteiger partial charge in [-0.15, -0.1) is 0 Å². The lowest BCUT2D eigenvalue weighted by Crippen LogP contribution is -2.43. The summed E-state index contributed by atoms with van der Waals surface area (Å²) in [6.45, 7) is 2.04. The molecule has 0 saturated carbocycles. The van der Waals surface area contributed by atoms with Gasteiger partial charge >= 0.3 is 0 Å². The van der Waals surface area contributed by atoms with Crippen LogP contribution in [0.15, 0.2) is 18.2 Å². The van der Waals surface area contributed by atoms with E-state index in [9.17, 15) is 4.79 Å². The molecular formula is C17H24N2O2. The summed E-state index contributed by atoms with van der Waals surface area (Å²) in [6, 6.07) is 6.57. The normalized spacial score (nSPS) is 18.6. The highest BCUT2D eigenvalue weighted by molar-refractivity contribution is 5.76. The second kappa shape index (κ2) is 6.48. The monoisotopic (exact) mass is 288 g/mol. The Balaban J connectivity index is 1.44. The van der Waals surface area contributed by atoms with Crippen molar-refractivity contribution in [1.29, 1.82) is 0 Å². The average molecular weight is 288 g/mol. The molecule has 1 fully saturated rings. The van der Waals surface area contributed by atoms with Crippen molar-refractivity contribution in [2.45, 2.75) is 44.6 Å². The quantitative estimate of drug-likeness (QED) is 0.920.